The van der Waals surface area contributed by atoms with Crippen LogP contribution in [0.3, 0.4) is 0 Å². The van der Waals surface area contributed by atoms with Crippen molar-refractivity contribution >= 4 is 17.5 Å². The number of carbonyl (C=O) groups excluding carboxylic acids is 1. The first-order valence-electron chi connectivity index (χ1n) is 3.74. The maximum Gasteiger partial charge on any atom is 0.248 e. The molecule has 14 heavy (non-hydrogen) atoms. The molecule has 0 saturated carbocycles. The molecule has 6 heteroatoms. The third-order valence-corrected chi connectivity index (χ3v) is 1.99. The van der Waals surface area contributed by atoms with Gasteiger partial charge in [-0.25, -0.2) is 0 Å². The van der Waals surface area contributed by atoms with Crippen molar-refractivity contribution in [2.24, 2.45) is 10.8 Å². The first-order valence-corrected chi connectivity index (χ1v) is 4.12. The molecule has 0 heterocycles. The Morgan fingerprint density at radius 1 is 1.64 bits per heavy atom. The van der Waals surface area contributed by atoms with Crippen LogP contribution in [0.4, 0.5) is 0 Å². The Kier molecular flexibility index (Phi) is 3.34. The maximum absolute atomic E-state index is 10.8. The molecular formula is C8H7ClN4O. The molecule has 1 aromatic carbocycles. The summed E-state index contributed by atoms with van der Waals surface area (Å²) in [5, 5.41) is 3.73. The first kappa shape index (κ1) is 10.4. The number of benzene rings is 1. The normalized spacial score (nSPS) is 9.21. The molecule has 0 aliphatic rings. The molecule has 1 aromatic rings. The van der Waals surface area contributed by atoms with Gasteiger partial charge in [-0.1, -0.05) is 22.8 Å². The minimum Gasteiger partial charge on any atom is -0.366 e. The van der Waals surface area contributed by atoms with E-state index in [0.717, 1.165) is 0 Å². The number of amides is 1. The van der Waals surface area contributed by atoms with E-state index in [-0.39, 0.29) is 6.54 Å². The van der Waals surface area contributed by atoms with Crippen molar-refractivity contribution in [3.8, 4) is 0 Å². The van der Waals surface area contributed by atoms with Gasteiger partial charge < -0.3 is 5.73 Å². The topological polar surface area (TPSA) is 91.8 Å². The lowest BCUT2D eigenvalue weighted by molar-refractivity contribution is 0.100. The molecule has 5 nitrogen and oxygen atoms in total. The van der Waals surface area contributed by atoms with Crippen LogP contribution in [0.5, 0.6) is 0 Å². The summed E-state index contributed by atoms with van der Waals surface area (Å²) in [5.74, 6) is -0.540. The number of hydrogen-bond donors (Lipinski definition) is 1. The quantitative estimate of drug-likeness (QED) is 0.463. The molecule has 2 N–H and O–H groups in total. The number of halogens is 1. The predicted octanol–water partition coefficient (Wildman–Crippen LogP) is 2.25. The van der Waals surface area contributed by atoms with E-state index in [0.29, 0.717) is 16.1 Å². The van der Waals surface area contributed by atoms with E-state index in [4.69, 9.17) is 22.9 Å². The Labute approximate surface area is 85.1 Å². The monoisotopic (exact) mass is 210 g/mol. The van der Waals surface area contributed by atoms with Crippen molar-refractivity contribution in [2.75, 3.05) is 0 Å². The summed E-state index contributed by atoms with van der Waals surface area (Å²) in [6.07, 6.45) is 0. The smallest absolute Gasteiger partial charge is 0.248 e. The molecule has 0 aliphatic carbocycles. The van der Waals surface area contributed by atoms with Crippen LogP contribution >= 0.6 is 11.6 Å². The summed E-state index contributed by atoms with van der Waals surface area (Å²) in [6.45, 7) is 0.161. The molecule has 0 radical (unpaired) electrons. The molecule has 0 fully saturated rings. The Morgan fingerprint density at radius 2 is 2.36 bits per heavy atom. The second-order valence-corrected chi connectivity index (χ2v) is 2.97. The number of hydrogen-bond acceptors (Lipinski definition) is 2. The van der Waals surface area contributed by atoms with Crippen molar-refractivity contribution < 1.29 is 4.79 Å². The van der Waals surface area contributed by atoms with Crippen molar-refractivity contribution in [3.63, 3.8) is 0 Å². The number of rotatable bonds is 3. The molecule has 72 valence electrons. The number of azide groups is 1. The van der Waals surface area contributed by atoms with E-state index >= 15 is 0 Å². The Bertz CT molecular complexity index is 412. The standard InChI is InChI=1S/C8H7ClN4O/c9-7-3-5(8(10)14)1-2-6(7)4-12-13-11/h1-3H,4H2,(H2,10,14). The van der Waals surface area contributed by atoms with E-state index in [9.17, 15) is 4.79 Å². The van der Waals surface area contributed by atoms with Gasteiger partial charge in [0.2, 0.25) is 5.91 Å². The van der Waals surface area contributed by atoms with Crippen molar-refractivity contribution in [1.29, 1.82) is 0 Å². The highest BCUT2D eigenvalue weighted by Gasteiger charge is 2.04. The lowest BCUT2D eigenvalue weighted by atomic mass is 10.1. The van der Waals surface area contributed by atoms with Crippen LogP contribution in [0.1, 0.15) is 15.9 Å². The van der Waals surface area contributed by atoms with E-state index in [1.165, 1.54) is 12.1 Å². The SMILES string of the molecule is [N-]=[N+]=NCc1ccc(C(N)=O)cc1Cl. The average Bonchev–Trinajstić information content (AvgIpc) is 2.15. The lowest BCUT2D eigenvalue weighted by Crippen LogP contribution is -2.10. The fourth-order valence-electron chi connectivity index (χ4n) is 0.937. The number of primary amides is 1. The zero-order valence-electron chi connectivity index (χ0n) is 7.14. The second kappa shape index (κ2) is 4.50. The maximum atomic E-state index is 10.8. The summed E-state index contributed by atoms with van der Waals surface area (Å²) in [7, 11) is 0. The van der Waals surface area contributed by atoms with Gasteiger partial charge in [0.1, 0.15) is 0 Å². The van der Waals surface area contributed by atoms with Crippen LogP contribution < -0.4 is 5.73 Å². The van der Waals surface area contributed by atoms with Gasteiger partial charge >= 0.3 is 0 Å². The number of carbonyl (C=O) groups is 1. The fraction of sp³-hybridized carbons (Fsp3) is 0.125. The predicted molar refractivity (Wildman–Crippen MR) is 52.8 cm³/mol. The van der Waals surface area contributed by atoms with Gasteiger partial charge in [-0.3, -0.25) is 4.79 Å². The van der Waals surface area contributed by atoms with Gasteiger partial charge in [-0.05, 0) is 23.2 Å². The van der Waals surface area contributed by atoms with Gasteiger partial charge in [0.15, 0.2) is 0 Å². The molecule has 0 saturated heterocycles. The van der Waals surface area contributed by atoms with Crippen LogP contribution in [0.25, 0.3) is 10.4 Å². The first-order chi connectivity index (χ1) is 6.65. The Hall–Kier alpha value is -1.71. The zero-order valence-corrected chi connectivity index (χ0v) is 7.90. The van der Waals surface area contributed by atoms with Crippen molar-refractivity contribution in [3.05, 3.63) is 44.8 Å². The summed E-state index contributed by atoms with van der Waals surface area (Å²) in [6, 6.07) is 4.60. The molecule has 1 amide bonds. The number of nitrogens with two attached hydrogens (primary N) is 1. The highest BCUT2D eigenvalue weighted by atomic mass is 35.5. The lowest BCUT2D eigenvalue weighted by Gasteiger charge is -2.01. The van der Waals surface area contributed by atoms with Crippen molar-refractivity contribution in [2.45, 2.75) is 6.54 Å². The van der Waals surface area contributed by atoms with Crippen LogP contribution in [0.2, 0.25) is 5.02 Å². The minimum atomic E-state index is -0.540. The van der Waals surface area contributed by atoms with Crippen LogP contribution in [0, 0.1) is 0 Å². The summed E-state index contributed by atoms with van der Waals surface area (Å²) < 4.78 is 0. The fourth-order valence-corrected chi connectivity index (χ4v) is 1.18. The van der Waals surface area contributed by atoms with Crippen LogP contribution in [-0.4, -0.2) is 5.91 Å². The minimum absolute atomic E-state index is 0.161. The molecule has 0 atom stereocenters. The van der Waals surface area contributed by atoms with E-state index in [1.807, 2.05) is 0 Å². The molecule has 0 bridgehead atoms. The van der Waals surface area contributed by atoms with Gasteiger partial charge in [-0.15, -0.1) is 0 Å². The Balaban J connectivity index is 3.00. The number of nitrogens with zero attached hydrogens (tertiary/aromatic N) is 3. The van der Waals surface area contributed by atoms with Crippen molar-refractivity contribution in [1.82, 2.24) is 0 Å². The van der Waals surface area contributed by atoms with Gasteiger partial charge in [0.25, 0.3) is 0 Å². The van der Waals surface area contributed by atoms with Crippen LogP contribution in [0.15, 0.2) is 23.3 Å². The third-order valence-electron chi connectivity index (χ3n) is 1.64. The molecular weight excluding hydrogens is 204 g/mol. The van der Waals surface area contributed by atoms with E-state index in [1.54, 1.807) is 6.07 Å². The molecule has 0 unspecified atom stereocenters. The van der Waals surface area contributed by atoms with E-state index in [2.05, 4.69) is 10.0 Å². The largest absolute Gasteiger partial charge is 0.366 e. The highest BCUT2D eigenvalue weighted by Crippen LogP contribution is 2.18. The molecule has 0 aromatic heterocycles. The van der Waals surface area contributed by atoms with Gasteiger partial charge in [-0.2, -0.15) is 0 Å². The van der Waals surface area contributed by atoms with Gasteiger partial charge in [0, 0.05) is 15.5 Å². The zero-order chi connectivity index (χ0) is 10.6. The second-order valence-electron chi connectivity index (χ2n) is 2.56. The molecule has 0 aliphatic heterocycles. The average molecular weight is 211 g/mol. The third kappa shape index (κ3) is 2.39. The summed E-state index contributed by atoms with van der Waals surface area (Å²) >= 11 is 5.82. The highest BCUT2D eigenvalue weighted by molar-refractivity contribution is 6.31. The Morgan fingerprint density at radius 3 is 2.86 bits per heavy atom. The van der Waals surface area contributed by atoms with Crippen LogP contribution in [-0.2, 0) is 6.54 Å². The van der Waals surface area contributed by atoms with E-state index < -0.39 is 5.91 Å². The molecule has 1 rings (SSSR count). The summed E-state index contributed by atoms with van der Waals surface area (Å²) in [4.78, 5) is 13.4. The summed E-state index contributed by atoms with van der Waals surface area (Å²) in [5.41, 5.74) is 14.2. The molecule has 0 spiro atoms. The van der Waals surface area contributed by atoms with Gasteiger partial charge in [0.05, 0.1) is 6.54 Å².